The van der Waals surface area contributed by atoms with Gasteiger partial charge in [-0.05, 0) is 26.0 Å². The van der Waals surface area contributed by atoms with E-state index in [2.05, 4.69) is 15.6 Å². The van der Waals surface area contributed by atoms with Crippen molar-refractivity contribution < 1.29 is 14.8 Å². The van der Waals surface area contributed by atoms with Gasteiger partial charge in [0, 0.05) is 12.8 Å². The summed E-state index contributed by atoms with van der Waals surface area (Å²) in [4.78, 5) is 26.8. The summed E-state index contributed by atoms with van der Waals surface area (Å²) in [5.74, 6) is -0.286. The van der Waals surface area contributed by atoms with Crippen LogP contribution in [0, 0.1) is 0 Å². The molecule has 2 amide bonds. The summed E-state index contributed by atoms with van der Waals surface area (Å²) in [6, 6.07) is 5.29. The highest BCUT2D eigenvalue weighted by atomic mass is 16.5. The van der Waals surface area contributed by atoms with Crippen molar-refractivity contribution in [1.29, 1.82) is 0 Å². The van der Waals surface area contributed by atoms with Crippen molar-refractivity contribution in [2.24, 2.45) is 4.99 Å². The number of nitrogens with one attached hydrogen (secondary N) is 2. The third kappa shape index (κ3) is 3.57. The zero-order chi connectivity index (χ0) is 15.5. The van der Waals surface area contributed by atoms with E-state index in [-0.39, 0.29) is 30.9 Å². The van der Waals surface area contributed by atoms with E-state index in [4.69, 9.17) is 5.21 Å². The number of rotatable bonds is 5. The Morgan fingerprint density at radius 3 is 3.00 bits per heavy atom. The fourth-order valence-corrected chi connectivity index (χ4v) is 1.99. The van der Waals surface area contributed by atoms with Gasteiger partial charge in [-0.1, -0.05) is 6.07 Å². The highest BCUT2D eigenvalue weighted by Gasteiger charge is 2.24. The zero-order valence-corrected chi connectivity index (χ0v) is 12.0. The van der Waals surface area contributed by atoms with Crippen molar-refractivity contribution in [2.45, 2.75) is 19.4 Å². The number of amides is 2. The number of para-hydroxylation sites is 1. The molecule has 0 saturated heterocycles. The topological polar surface area (TPSA) is 94.0 Å². The van der Waals surface area contributed by atoms with E-state index in [1.54, 1.807) is 18.3 Å². The lowest BCUT2D eigenvalue weighted by molar-refractivity contribution is -0.149. The summed E-state index contributed by atoms with van der Waals surface area (Å²) < 4.78 is 0. The first-order valence-electron chi connectivity index (χ1n) is 6.58. The molecule has 2 rings (SSSR count). The lowest BCUT2D eigenvalue weighted by atomic mass is 10.0. The number of carbonyl (C=O) groups is 2. The standard InChI is InChI=1S/C14H18N4O3/c1-14(2)8-16-11-5-3-4-10(12(11)17-14)13(20)15-6-7-18(21)9-19/h3-5,8-9,17,21H,6-7H2,1-2H3,(H,15,20). The van der Waals surface area contributed by atoms with E-state index < -0.39 is 0 Å². The second-order valence-electron chi connectivity index (χ2n) is 5.33. The Morgan fingerprint density at radius 1 is 1.52 bits per heavy atom. The number of anilines is 1. The van der Waals surface area contributed by atoms with Crippen LogP contribution < -0.4 is 10.6 Å². The van der Waals surface area contributed by atoms with Crippen molar-refractivity contribution in [1.82, 2.24) is 10.4 Å². The molecule has 3 N–H and O–H groups in total. The number of carbonyl (C=O) groups excluding carboxylic acids is 2. The van der Waals surface area contributed by atoms with Crippen molar-refractivity contribution in [3.8, 4) is 0 Å². The molecule has 0 aromatic heterocycles. The van der Waals surface area contributed by atoms with Gasteiger partial charge in [-0.3, -0.25) is 19.8 Å². The first kappa shape index (κ1) is 15.0. The molecule has 112 valence electrons. The summed E-state index contributed by atoms with van der Waals surface area (Å²) in [5, 5.41) is 15.4. The molecule has 1 aromatic rings. The van der Waals surface area contributed by atoms with Gasteiger partial charge in [0.15, 0.2) is 0 Å². The largest absolute Gasteiger partial charge is 0.373 e. The summed E-state index contributed by atoms with van der Waals surface area (Å²) >= 11 is 0. The molecular weight excluding hydrogens is 272 g/mol. The van der Waals surface area contributed by atoms with E-state index in [0.717, 1.165) is 0 Å². The molecule has 1 heterocycles. The molecule has 7 heteroatoms. The van der Waals surface area contributed by atoms with E-state index in [1.165, 1.54) is 0 Å². The van der Waals surface area contributed by atoms with Crippen LogP contribution in [0.5, 0.6) is 0 Å². The number of benzene rings is 1. The lowest BCUT2D eigenvalue weighted by Crippen LogP contribution is -2.37. The molecule has 1 aliphatic heterocycles. The van der Waals surface area contributed by atoms with Crippen molar-refractivity contribution in [3.63, 3.8) is 0 Å². The van der Waals surface area contributed by atoms with Gasteiger partial charge in [-0.15, -0.1) is 0 Å². The molecule has 21 heavy (non-hydrogen) atoms. The third-order valence-corrected chi connectivity index (χ3v) is 3.01. The predicted octanol–water partition coefficient (Wildman–Crippen LogP) is 1.17. The van der Waals surface area contributed by atoms with Gasteiger partial charge in [-0.25, -0.2) is 5.06 Å². The lowest BCUT2D eigenvalue weighted by Gasteiger charge is -2.29. The van der Waals surface area contributed by atoms with Crippen LogP contribution in [-0.4, -0.2) is 47.4 Å². The maximum atomic E-state index is 12.2. The molecule has 0 radical (unpaired) electrons. The molecule has 7 nitrogen and oxygen atoms in total. The van der Waals surface area contributed by atoms with Crippen molar-refractivity contribution in [3.05, 3.63) is 23.8 Å². The minimum Gasteiger partial charge on any atom is -0.373 e. The highest BCUT2D eigenvalue weighted by molar-refractivity contribution is 6.04. The molecule has 0 spiro atoms. The molecule has 1 aromatic carbocycles. The smallest absolute Gasteiger partial charge is 0.253 e. The molecule has 0 saturated carbocycles. The number of aliphatic imine (C=N–C) groups is 1. The fourth-order valence-electron chi connectivity index (χ4n) is 1.99. The average molecular weight is 290 g/mol. The second-order valence-corrected chi connectivity index (χ2v) is 5.33. The van der Waals surface area contributed by atoms with Crippen LogP contribution in [0.2, 0.25) is 0 Å². The van der Waals surface area contributed by atoms with Crippen LogP contribution in [0.15, 0.2) is 23.2 Å². The van der Waals surface area contributed by atoms with Gasteiger partial charge in [0.2, 0.25) is 6.41 Å². The average Bonchev–Trinajstić information content (AvgIpc) is 2.45. The normalized spacial score (nSPS) is 14.8. The SMILES string of the molecule is CC1(C)C=Nc2cccc(C(=O)NCCN(O)C=O)c2N1. The monoisotopic (exact) mass is 290 g/mol. The molecular formula is C14H18N4O3. The van der Waals surface area contributed by atoms with Crippen molar-refractivity contribution >= 4 is 29.9 Å². The molecule has 1 aliphatic rings. The Morgan fingerprint density at radius 2 is 2.29 bits per heavy atom. The van der Waals surface area contributed by atoms with Crippen LogP contribution in [-0.2, 0) is 4.79 Å². The zero-order valence-electron chi connectivity index (χ0n) is 12.0. The van der Waals surface area contributed by atoms with Crippen LogP contribution in [0.3, 0.4) is 0 Å². The van der Waals surface area contributed by atoms with Gasteiger partial charge in [0.25, 0.3) is 5.91 Å². The Hall–Kier alpha value is -2.41. The number of hydroxylamine groups is 2. The van der Waals surface area contributed by atoms with E-state index in [0.29, 0.717) is 22.0 Å². The quantitative estimate of drug-likeness (QED) is 0.431. The molecule has 0 atom stereocenters. The van der Waals surface area contributed by atoms with Gasteiger partial charge in [0.05, 0.1) is 29.0 Å². The summed E-state index contributed by atoms with van der Waals surface area (Å²) in [5.41, 5.74) is 1.54. The Kier molecular flexibility index (Phi) is 4.23. The van der Waals surface area contributed by atoms with Crippen LogP contribution in [0.4, 0.5) is 11.4 Å². The van der Waals surface area contributed by atoms with E-state index in [9.17, 15) is 9.59 Å². The van der Waals surface area contributed by atoms with E-state index in [1.807, 2.05) is 19.9 Å². The van der Waals surface area contributed by atoms with Gasteiger partial charge in [0.1, 0.15) is 0 Å². The fraction of sp³-hybridized carbons (Fsp3) is 0.357. The van der Waals surface area contributed by atoms with Crippen LogP contribution in [0.1, 0.15) is 24.2 Å². The maximum absolute atomic E-state index is 12.2. The molecule has 0 unspecified atom stereocenters. The number of hydrogen-bond donors (Lipinski definition) is 3. The minimum absolute atomic E-state index is 0.0291. The van der Waals surface area contributed by atoms with Gasteiger partial charge >= 0.3 is 0 Å². The van der Waals surface area contributed by atoms with Crippen LogP contribution in [0.25, 0.3) is 0 Å². The predicted molar refractivity (Wildman–Crippen MR) is 79.2 cm³/mol. The van der Waals surface area contributed by atoms with E-state index >= 15 is 0 Å². The Labute approximate surface area is 122 Å². The molecule has 0 bridgehead atoms. The molecule has 0 aliphatic carbocycles. The Bertz CT molecular complexity index is 584. The number of hydrogen-bond acceptors (Lipinski definition) is 5. The summed E-state index contributed by atoms with van der Waals surface area (Å²) in [7, 11) is 0. The second kappa shape index (κ2) is 5.92. The van der Waals surface area contributed by atoms with Crippen LogP contribution >= 0.6 is 0 Å². The number of nitrogens with zero attached hydrogens (tertiary/aromatic N) is 2. The molecule has 0 fully saturated rings. The minimum atomic E-state index is -0.331. The van der Waals surface area contributed by atoms with Gasteiger partial charge in [-0.2, -0.15) is 0 Å². The first-order valence-corrected chi connectivity index (χ1v) is 6.58. The highest BCUT2D eigenvalue weighted by Crippen LogP contribution is 2.34. The first-order chi connectivity index (χ1) is 9.93. The van der Waals surface area contributed by atoms with Crippen molar-refractivity contribution in [2.75, 3.05) is 18.4 Å². The maximum Gasteiger partial charge on any atom is 0.253 e. The van der Waals surface area contributed by atoms with Gasteiger partial charge < -0.3 is 10.6 Å². The Balaban J connectivity index is 2.12. The summed E-state index contributed by atoms with van der Waals surface area (Å²) in [6.45, 7) is 4.11. The summed E-state index contributed by atoms with van der Waals surface area (Å²) in [6.07, 6.45) is 2.08. The third-order valence-electron chi connectivity index (χ3n) is 3.01. The number of fused-ring (bicyclic) bond motifs is 1.